The van der Waals surface area contributed by atoms with Crippen molar-refractivity contribution in [2.45, 2.75) is 76.6 Å². The fourth-order valence-corrected chi connectivity index (χ4v) is 7.06. The number of hydrogen-bond donors (Lipinski definition) is 2. The minimum Gasteiger partial charge on any atom is -1.00 e. The van der Waals surface area contributed by atoms with Gasteiger partial charge in [-0.1, -0.05) is 69.2 Å². The molecule has 2 aromatic carbocycles. The van der Waals surface area contributed by atoms with Gasteiger partial charge in [-0.05, 0) is 48.8 Å². The van der Waals surface area contributed by atoms with Crippen LogP contribution in [0.25, 0.3) is 0 Å². The zero-order valence-electron chi connectivity index (χ0n) is 24.2. The quantitative estimate of drug-likeness (QED) is 0.343. The van der Waals surface area contributed by atoms with Gasteiger partial charge in [0.25, 0.3) is 0 Å². The van der Waals surface area contributed by atoms with E-state index in [9.17, 15) is 18.0 Å². The molecule has 2 aliphatic rings. The van der Waals surface area contributed by atoms with Crippen LogP contribution >= 0.6 is 0 Å². The summed E-state index contributed by atoms with van der Waals surface area (Å²) in [6, 6.07) is 16.0. The molecule has 0 aromatic heterocycles. The summed E-state index contributed by atoms with van der Waals surface area (Å²) < 4.78 is 44.0. The number of carbonyl (C=O) groups excluding carboxylic acids is 1. The van der Waals surface area contributed by atoms with E-state index in [4.69, 9.17) is 4.74 Å². The van der Waals surface area contributed by atoms with E-state index >= 15 is 0 Å². The molecular formula is C31H44Cl2F3N3O2. The Hall–Kier alpha value is -2.00. The Balaban J connectivity index is 0.00000294. The van der Waals surface area contributed by atoms with Gasteiger partial charge in [-0.3, -0.25) is 4.79 Å². The van der Waals surface area contributed by atoms with E-state index in [-0.39, 0.29) is 48.4 Å². The van der Waals surface area contributed by atoms with Gasteiger partial charge in [0.2, 0.25) is 5.91 Å². The molecule has 5 N–H and O–H groups in total. The molecule has 0 bridgehead atoms. The van der Waals surface area contributed by atoms with Crippen molar-refractivity contribution in [1.29, 1.82) is 0 Å². The molecule has 2 saturated heterocycles. The first-order valence-corrected chi connectivity index (χ1v) is 14.4. The number of hydrogen-bond acceptors (Lipinski definition) is 2. The van der Waals surface area contributed by atoms with Crippen LogP contribution in [0.4, 0.5) is 13.2 Å². The van der Waals surface area contributed by atoms with Crippen molar-refractivity contribution in [1.82, 2.24) is 4.90 Å². The Kier molecular flexibility index (Phi) is 12.8. The van der Waals surface area contributed by atoms with Crippen LogP contribution in [-0.4, -0.2) is 49.3 Å². The summed E-state index contributed by atoms with van der Waals surface area (Å²) in [5.74, 6) is 0.962. The summed E-state index contributed by atoms with van der Waals surface area (Å²) in [6.45, 7) is 7.53. The van der Waals surface area contributed by atoms with Crippen LogP contribution in [0.3, 0.4) is 0 Å². The smallest absolute Gasteiger partial charge is 0.422 e. The average molecular weight is 619 g/mol. The van der Waals surface area contributed by atoms with Gasteiger partial charge in [0.05, 0.1) is 24.1 Å². The summed E-state index contributed by atoms with van der Waals surface area (Å²) in [4.78, 5) is 16.6. The number of likely N-dealkylation sites (tertiary alicyclic amines) is 1. The molecule has 0 aliphatic carbocycles. The minimum atomic E-state index is -4.42. The van der Waals surface area contributed by atoms with Crippen LogP contribution in [-0.2, 0) is 16.8 Å². The highest BCUT2D eigenvalue weighted by Crippen LogP contribution is 2.42. The standard InChI is InChI=1S/C31H42F3N3O2.2ClH/c1-4-21(5-2)27-16-23(22-10-7-6-8-11-22)14-15-37(27)29(38)26-18-36-19-30(26,3)25-12-9-13-28(24(25)17-35)39-20-31(32,33)34;;/h6-13,21,23,26-27,36H,4-5,14-20,35H2,1-3H3;2*1H/t23-,26+,27+,30+;;/m1../s1. The van der Waals surface area contributed by atoms with E-state index in [0.717, 1.165) is 37.8 Å². The Morgan fingerprint density at radius 1 is 1.12 bits per heavy atom. The van der Waals surface area contributed by atoms with Gasteiger partial charge in [0.15, 0.2) is 6.61 Å². The van der Waals surface area contributed by atoms with Crippen LogP contribution in [0.5, 0.6) is 5.75 Å². The monoisotopic (exact) mass is 617 g/mol. The molecule has 0 unspecified atom stereocenters. The Labute approximate surface area is 254 Å². The average Bonchev–Trinajstić information content (AvgIpc) is 3.34. The SMILES string of the molecule is CCC(CC)[C@@H]1C[C@H](c2ccccc2)CCN1C(=O)[C@@H]1C[NH2+]C[C@@]1(C)c1cccc(OCC(F)(F)F)c1C[NH3+].[Cl-].[Cl-]. The maximum atomic E-state index is 14.4. The van der Waals surface area contributed by atoms with Crippen LogP contribution < -0.4 is 40.6 Å². The molecule has 1 amide bonds. The first-order valence-electron chi connectivity index (χ1n) is 14.4. The van der Waals surface area contributed by atoms with Crippen LogP contribution in [0.2, 0.25) is 0 Å². The molecule has 2 aromatic rings. The topological polar surface area (TPSA) is 73.8 Å². The molecule has 0 spiro atoms. The lowest BCUT2D eigenvalue weighted by atomic mass is 9.70. The highest BCUT2D eigenvalue weighted by Gasteiger charge is 2.52. The number of rotatable bonds is 9. The number of carbonyl (C=O) groups is 1. The predicted molar refractivity (Wildman–Crippen MR) is 145 cm³/mol. The lowest BCUT2D eigenvalue weighted by Gasteiger charge is -2.45. The van der Waals surface area contributed by atoms with Crippen molar-refractivity contribution in [3.8, 4) is 5.75 Å². The number of nitrogens with zero attached hydrogens (tertiary/aromatic N) is 1. The van der Waals surface area contributed by atoms with Crippen LogP contribution in [0.1, 0.15) is 69.1 Å². The van der Waals surface area contributed by atoms with Crippen molar-refractivity contribution in [3.63, 3.8) is 0 Å². The second kappa shape index (κ2) is 14.9. The summed E-state index contributed by atoms with van der Waals surface area (Å²) in [7, 11) is 0. The van der Waals surface area contributed by atoms with Gasteiger partial charge in [0, 0.05) is 12.6 Å². The van der Waals surface area contributed by atoms with Gasteiger partial charge in [-0.2, -0.15) is 13.2 Å². The molecule has 0 radical (unpaired) electrons. The molecule has 2 aliphatic heterocycles. The summed E-state index contributed by atoms with van der Waals surface area (Å²) in [6.07, 6.45) is -0.492. The number of quaternary nitrogens is 2. The van der Waals surface area contributed by atoms with Crippen LogP contribution in [0.15, 0.2) is 48.5 Å². The Morgan fingerprint density at radius 3 is 2.41 bits per heavy atom. The van der Waals surface area contributed by atoms with Crippen molar-refractivity contribution < 1.29 is 58.6 Å². The Morgan fingerprint density at radius 2 is 1.80 bits per heavy atom. The zero-order valence-corrected chi connectivity index (χ0v) is 25.7. The van der Waals surface area contributed by atoms with Crippen LogP contribution in [0, 0.1) is 11.8 Å². The number of halogens is 5. The number of benzene rings is 2. The van der Waals surface area contributed by atoms with E-state index in [0.29, 0.717) is 37.0 Å². The van der Waals surface area contributed by atoms with Gasteiger partial charge >= 0.3 is 6.18 Å². The van der Waals surface area contributed by atoms with Gasteiger partial charge < -0.3 is 45.5 Å². The second-order valence-corrected chi connectivity index (χ2v) is 11.4. The van der Waals surface area contributed by atoms with Gasteiger partial charge in [0.1, 0.15) is 18.2 Å². The van der Waals surface area contributed by atoms with E-state index in [1.807, 2.05) is 12.1 Å². The van der Waals surface area contributed by atoms with E-state index in [1.54, 1.807) is 12.1 Å². The number of amides is 1. The molecule has 4 rings (SSSR count). The van der Waals surface area contributed by atoms with Gasteiger partial charge in [-0.25, -0.2) is 0 Å². The number of nitrogens with two attached hydrogens (primary N) is 1. The summed E-state index contributed by atoms with van der Waals surface area (Å²) in [5.41, 5.74) is 6.36. The number of piperidine rings is 1. The van der Waals surface area contributed by atoms with E-state index < -0.39 is 18.2 Å². The minimum absolute atomic E-state index is 0. The lowest BCUT2D eigenvalue weighted by molar-refractivity contribution is -0.640. The van der Waals surface area contributed by atoms with E-state index in [1.165, 1.54) is 5.56 Å². The fourth-order valence-electron chi connectivity index (χ4n) is 7.06. The van der Waals surface area contributed by atoms with Crippen molar-refractivity contribution in [2.24, 2.45) is 11.8 Å². The fraction of sp³-hybridized carbons (Fsp3) is 0.581. The highest BCUT2D eigenvalue weighted by atomic mass is 35.5. The largest absolute Gasteiger partial charge is 1.00 e. The first kappa shape index (κ1) is 35.2. The summed E-state index contributed by atoms with van der Waals surface area (Å²) >= 11 is 0. The third kappa shape index (κ3) is 7.70. The number of alkyl halides is 3. The van der Waals surface area contributed by atoms with Crippen molar-refractivity contribution in [2.75, 3.05) is 26.2 Å². The lowest BCUT2D eigenvalue weighted by Crippen LogP contribution is -3.00. The predicted octanol–water partition coefficient (Wildman–Crippen LogP) is -1.96. The molecule has 41 heavy (non-hydrogen) atoms. The zero-order chi connectivity index (χ0) is 28.2. The van der Waals surface area contributed by atoms with Crippen molar-refractivity contribution in [3.05, 3.63) is 65.2 Å². The molecule has 230 valence electrons. The third-order valence-electron chi connectivity index (χ3n) is 9.22. The molecule has 10 heteroatoms. The first-order chi connectivity index (χ1) is 18.6. The van der Waals surface area contributed by atoms with Crippen molar-refractivity contribution >= 4 is 5.91 Å². The highest BCUT2D eigenvalue weighted by molar-refractivity contribution is 5.82. The molecule has 4 atom stereocenters. The summed E-state index contributed by atoms with van der Waals surface area (Å²) in [5, 5.41) is 2.17. The Bertz CT molecular complexity index is 1120. The third-order valence-corrected chi connectivity index (χ3v) is 9.22. The van der Waals surface area contributed by atoms with E-state index in [2.05, 4.69) is 61.0 Å². The number of ether oxygens (including phenoxy) is 1. The maximum absolute atomic E-state index is 14.4. The molecular weight excluding hydrogens is 574 g/mol. The normalized spacial score (nSPS) is 24.5. The second-order valence-electron chi connectivity index (χ2n) is 11.4. The maximum Gasteiger partial charge on any atom is 0.422 e. The molecule has 2 heterocycles. The van der Waals surface area contributed by atoms with Gasteiger partial charge in [-0.15, -0.1) is 0 Å². The molecule has 5 nitrogen and oxygen atoms in total. The molecule has 2 fully saturated rings. The molecule has 0 saturated carbocycles.